The Hall–Kier alpha value is -2.73. The number of rotatable bonds is 12. The van der Waals surface area contributed by atoms with Crippen molar-refractivity contribution in [1.29, 1.82) is 0 Å². The summed E-state index contributed by atoms with van der Waals surface area (Å²) in [5.74, 6) is -5.99. The molecule has 0 rings (SSSR count). The minimum absolute atomic E-state index is 0.403. The van der Waals surface area contributed by atoms with Crippen LogP contribution in [0.1, 0.15) is 34.1 Å². The summed E-state index contributed by atoms with van der Waals surface area (Å²) in [6.07, 6.45) is -0.672. The zero-order valence-electron chi connectivity index (χ0n) is 16.8. The van der Waals surface area contributed by atoms with E-state index in [4.69, 9.17) is 10.8 Å². The SMILES string of the molecule is CC(C)C(NC(=O)C(NC(=O)C(CO)NC(=O)C(N)CC(=O)O)C(C)C)C(=O)O. The molecule has 0 spiro atoms. The summed E-state index contributed by atoms with van der Waals surface area (Å²) in [6, 6.07) is -5.21. The minimum atomic E-state index is -1.48. The third-order valence-electron chi connectivity index (χ3n) is 4.02. The van der Waals surface area contributed by atoms with Crippen LogP contribution >= 0.6 is 0 Å². The van der Waals surface area contributed by atoms with Gasteiger partial charge in [-0.05, 0) is 11.8 Å². The van der Waals surface area contributed by atoms with Crippen LogP contribution in [0.25, 0.3) is 0 Å². The van der Waals surface area contributed by atoms with Crippen LogP contribution in [0.5, 0.6) is 0 Å². The van der Waals surface area contributed by atoms with Crippen molar-refractivity contribution >= 4 is 29.7 Å². The Morgan fingerprint density at radius 1 is 0.793 bits per heavy atom. The first-order chi connectivity index (χ1) is 13.3. The van der Waals surface area contributed by atoms with Gasteiger partial charge in [-0.3, -0.25) is 19.2 Å². The average molecular weight is 418 g/mol. The van der Waals surface area contributed by atoms with Crippen LogP contribution in [-0.2, 0) is 24.0 Å². The molecule has 12 nitrogen and oxygen atoms in total. The van der Waals surface area contributed by atoms with Crippen LogP contribution in [0.15, 0.2) is 0 Å². The second kappa shape index (κ2) is 12.0. The molecule has 0 fully saturated rings. The van der Waals surface area contributed by atoms with Crippen molar-refractivity contribution in [3.8, 4) is 0 Å². The molecule has 166 valence electrons. The molecule has 12 heteroatoms. The zero-order chi connectivity index (χ0) is 22.9. The van der Waals surface area contributed by atoms with Crippen LogP contribution in [-0.4, -0.2) is 75.8 Å². The van der Waals surface area contributed by atoms with Gasteiger partial charge in [-0.15, -0.1) is 0 Å². The molecule has 8 N–H and O–H groups in total. The molecule has 0 saturated carbocycles. The first kappa shape index (κ1) is 26.3. The minimum Gasteiger partial charge on any atom is -0.481 e. The van der Waals surface area contributed by atoms with Gasteiger partial charge >= 0.3 is 11.9 Å². The van der Waals surface area contributed by atoms with Gasteiger partial charge in [0, 0.05) is 0 Å². The highest BCUT2D eigenvalue weighted by Gasteiger charge is 2.32. The summed E-state index contributed by atoms with van der Waals surface area (Å²) in [4.78, 5) is 58.6. The summed E-state index contributed by atoms with van der Waals surface area (Å²) in [5, 5.41) is 34.1. The van der Waals surface area contributed by atoms with Crippen LogP contribution in [0, 0.1) is 11.8 Å². The van der Waals surface area contributed by atoms with E-state index in [2.05, 4.69) is 16.0 Å². The predicted octanol–water partition coefficient (Wildman–Crippen LogP) is -2.37. The maximum Gasteiger partial charge on any atom is 0.326 e. The molecule has 0 aliphatic carbocycles. The van der Waals surface area contributed by atoms with Crippen molar-refractivity contribution in [1.82, 2.24) is 16.0 Å². The van der Waals surface area contributed by atoms with Crippen molar-refractivity contribution in [2.45, 2.75) is 58.3 Å². The molecule has 0 radical (unpaired) electrons. The molecule has 0 aromatic heterocycles. The molecule has 0 aliphatic rings. The fourth-order valence-corrected chi connectivity index (χ4v) is 2.30. The van der Waals surface area contributed by atoms with Gasteiger partial charge in [0.2, 0.25) is 17.7 Å². The Labute approximate surface area is 168 Å². The lowest BCUT2D eigenvalue weighted by atomic mass is 10.00. The lowest BCUT2D eigenvalue weighted by molar-refractivity contribution is -0.144. The molecule has 0 aliphatic heterocycles. The molecule has 0 saturated heterocycles. The van der Waals surface area contributed by atoms with Crippen molar-refractivity contribution in [2.24, 2.45) is 17.6 Å². The van der Waals surface area contributed by atoms with Gasteiger partial charge in [0.15, 0.2) is 0 Å². The van der Waals surface area contributed by atoms with Crippen LogP contribution in [0.2, 0.25) is 0 Å². The van der Waals surface area contributed by atoms with Crippen molar-refractivity contribution < 1.29 is 39.3 Å². The highest BCUT2D eigenvalue weighted by Crippen LogP contribution is 2.07. The Kier molecular flexibility index (Phi) is 10.8. The molecule has 3 amide bonds. The third kappa shape index (κ3) is 8.87. The number of nitrogens with two attached hydrogens (primary N) is 1. The number of hydrogen-bond acceptors (Lipinski definition) is 7. The smallest absolute Gasteiger partial charge is 0.326 e. The normalized spacial score (nSPS) is 15.2. The summed E-state index contributed by atoms with van der Waals surface area (Å²) in [6.45, 7) is 5.63. The van der Waals surface area contributed by atoms with E-state index in [1.54, 1.807) is 27.7 Å². The van der Waals surface area contributed by atoms with E-state index >= 15 is 0 Å². The second-order valence-electron chi connectivity index (χ2n) is 7.25. The van der Waals surface area contributed by atoms with Crippen LogP contribution < -0.4 is 21.7 Å². The van der Waals surface area contributed by atoms with Gasteiger partial charge in [0.05, 0.1) is 19.1 Å². The molecule has 0 aromatic carbocycles. The number of carboxylic acid groups (broad SMARTS) is 2. The van der Waals surface area contributed by atoms with Crippen LogP contribution in [0.3, 0.4) is 0 Å². The van der Waals surface area contributed by atoms with Gasteiger partial charge in [0.25, 0.3) is 0 Å². The average Bonchev–Trinajstić information content (AvgIpc) is 2.59. The number of amides is 3. The standard InChI is InChI=1S/C17H30N4O8/c1-7(2)12(16(27)21-13(8(3)4)17(28)29)20-15(26)10(6-22)19-14(25)9(18)5-11(23)24/h7-10,12-13,22H,5-6,18H2,1-4H3,(H,19,25)(H,20,26)(H,21,27)(H,23,24)(H,28,29). The van der Waals surface area contributed by atoms with Crippen molar-refractivity contribution in [3.63, 3.8) is 0 Å². The van der Waals surface area contributed by atoms with E-state index in [1.807, 2.05) is 0 Å². The summed E-state index contributed by atoms with van der Waals surface area (Å²) in [5.41, 5.74) is 5.40. The van der Waals surface area contributed by atoms with E-state index in [0.29, 0.717) is 0 Å². The number of carboxylic acids is 2. The zero-order valence-corrected chi connectivity index (χ0v) is 16.8. The van der Waals surface area contributed by atoms with E-state index in [0.717, 1.165) is 0 Å². The van der Waals surface area contributed by atoms with Gasteiger partial charge in [0.1, 0.15) is 18.1 Å². The maximum atomic E-state index is 12.5. The summed E-state index contributed by atoms with van der Waals surface area (Å²) in [7, 11) is 0. The number of carbonyl (C=O) groups is 5. The lowest BCUT2D eigenvalue weighted by Gasteiger charge is -2.27. The topological polar surface area (TPSA) is 208 Å². The van der Waals surface area contributed by atoms with Crippen molar-refractivity contribution in [2.75, 3.05) is 6.61 Å². The number of hydrogen-bond donors (Lipinski definition) is 7. The highest BCUT2D eigenvalue weighted by molar-refractivity contribution is 5.94. The van der Waals surface area contributed by atoms with E-state index in [1.165, 1.54) is 0 Å². The largest absolute Gasteiger partial charge is 0.481 e. The second-order valence-corrected chi connectivity index (χ2v) is 7.25. The van der Waals surface area contributed by atoms with Gasteiger partial charge in [-0.1, -0.05) is 27.7 Å². The molecule has 4 unspecified atom stereocenters. The lowest BCUT2D eigenvalue weighted by Crippen LogP contribution is -2.59. The molecule has 4 atom stereocenters. The Morgan fingerprint density at radius 3 is 1.66 bits per heavy atom. The molecule has 0 aromatic rings. The monoisotopic (exact) mass is 418 g/mol. The van der Waals surface area contributed by atoms with Gasteiger partial charge < -0.3 is 37.0 Å². The summed E-state index contributed by atoms with van der Waals surface area (Å²) < 4.78 is 0. The number of aliphatic hydroxyl groups excluding tert-OH is 1. The molecular weight excluding hydrogens is 388 g/mol. The number of aliphatic carboxylic acids is 2. The molecule has 0 bridgehead atoms. The third-order valence-corrected chi connectivity index (χ3v) is 4.02. The fourth-order valence-electron chi connectivity index (χ4n) is 2.30. The Morgan fingerprint density at radius 2 is 1.28 bits per heavy atom. The number of aliphatic hydroxyl groups is 1. The van der Waals surface area contributed by atoms with Gasteiger partial charge in [-0.2, -0.15) is 0 Å². The summed E-state index contributed by atoms with van der Waals surface area (Å²) >= 11 is 0. The van der Waals surface area contributed by atoms with Gasteiger partial charge in [-0.25, -0.2) is 4.79 Å². The van der Waals surface area contributed by atoms with Crippen LogP contribution in [0.4, 0.5) is 0 Å². The van der Waals surface area contributed by atoms with E-state index in [9.17, 15) is 34.2 Å². The Balaban J connectivity index is 5.18. The van der Waals surface area contributed by atoms with E-state index < -0.39 is 78.7 Å². The predicted molar refractivity (Wildman–Crippen MR) is 100 cm³/mol. The number of nitrogens with one attached hydrogen (secondary N) is 3. The molecule has 0 heterocycles. The highest BCUT2D eigenvalue weighted by atomic mass is 16.4. The first-order valence-electron chi connectivity index (χ1n) is 9.03. The quantitative estimate of drug-likeness (QED) is 0.180. The fraction of sp³-hybridized carbons (Fsp3) is 0.706. The number of carbonyl (C=O) groups excluding carboxylic acids is 3. The first-order valence-corrected chi connectivity index (χ1v) is 9.03. The van der Waals surface area contributed by atoms with Crippen molar-refractivity contribution in [3.05, 3.63) is 0 Å². The van der Waals surface area contributed by atoms with E-state index in [-0.39, 0.29) is 0 Å². The maximum absolute atomic E-state index is 12.5. The Bertz CT molecular complexity index is 623. The molecule has 29 heavy (non-hydrogen) atoms. The molecular formula is C17H30N4O8.